The Balaban J connectivity index is 2.63. The summed E-state index contributed by atoms with van der Waals surface area (Å²) in [4.78, 5) is 13.2. The molecule has 0 spiro atoms. The largest absolute Gasteiger partial charge is 0.339 e. The van der Waals surface area contributed by atoms with Gasteiger partial charge in [0, 0.05) is 13.1 Å². The van der Waals surface area contributed by atoms with Crippen molar-refractivity contribution in [3.05, 3.63) is 12.7 Å². The van der Waals surface area contributed by atoms with Crippen LogP contribution in [0.1, 0.15) is 27.2 Å². The van der Waals surface area contributed by atoms with Crippen molar-refractivity contribution in [2.75, 3.05) is 13.1 Å². The summed E-state index contributed by atoms with van der Waals surface area (Å²) >= 11 is 0. The van der Waals surface area contributed by atoms with E-state index in [2.05, 4.69) is 27.4 Å². The second-order valence-corrected chi connectivity index (χ2v) is 4.52. The highest BCUT2D eigenvalue weighted by Gasteiger charge is 2.37. The SMILES string of the molecule is C=CC(=O)N1CC[C@@](C)(C(C)C)C1. The highest BCUT2D eigenvalue weighted by atomic mass is 16.2. The smallest absolute Gasteiger partial charge is 0.245 e. The van der Waals surface area contributed by atoms with Crippen LogP contribution in [0.3, 0.4) is 0 Å². The van der Waals surface area contributed by atoms with Gasteiger partial charge in [0.1, 0.15) is 0 Å². The van der Waals surface area contributed by atoms with E-state index in [0.717, 1.165) is 19.5 Å². The summed E-state index contributed by atoms with van der Waals surface area (Å²) in [5.41, 5.74) is 0.304. The Labute approximate surface area is 80.6 Å². The molecule has 1 aliphatic rings. The van der Waals surface area contributed by atoms with Gasteiger partial charge in [0.15, 0.2) is 0 Å². The topological polar surface area (TPSA) is 20.3 Å². The van der Waals surface area contributed by atoms with Gasteiger partial charge in [-0.05, 0) is 23.8 Å². The zero-order valence-corrected chi connectivity index (χ0v) is 8.84. The van der Waals surface area contributed by atoms with Crippen molar-refractivity contribution >= 4 is 5.91 Å². The first-order valence-corrected chi connectivity index (χ1v) is 4.91. The van der Waals surface area contributed by atoms with Crippen molar-refractivity contribution in [1.29, 1.82) is 0 Å². The number of rotatable bonds is 2. The third-order valence-electron chi connectivity index (χ3n) is 3.39. The summed E-state index contributed by atoms with van der Waals surface area (Å²) in [6.07, 6.45) is 2.52. The van der Waals surface area contributed by atoms with Crippen LogP contribution < -0.4 is 0 Å². The van der Waals surface area contributed by atoms with E-state index in [1.807, 2.05) is 4.90 Å². The molecule has 0 radical (unpaired) electrons. The Morgan fingerprint density at radius 1 is 1.62 bits per heavy atom. The summed E-state index contributed by atoms with van der Waals surface area (Å²) in [5, 5.41) is 0. The number of nitrogens with zero attached hydrogens (tertiary/aromatic N) is 1. The van der Waals surface area contributed by atoms with Crippen molar-refractivity contribution in [3.8, 4) is 0 Å². The van der Waals surface area contributed by atoms with E-state index in [-0.39, 0.29) is 5.91 Å². The number of hydrogen-bond donors (Lipinski definition) is 0. The Morgan fingerprint density at radius 2 is 2.23 bits per heavy atom. The zero-order valence-electron chi connectivity index (χ0n) is 8.84. The number of carbonyl (C=O) groups is 1. The molecule has 0 N–H and O–H groups in total. The summed E-state index contributed by atoms with van der Waals surface area (Å²) in [5.74, 6) is 0.708. The minimum atomic E-state index is 0.0735. The molecule has 1 atom stereocenters. The first kappa shape index (κ1) is 10.3. The molecule has 0 saturated carbocycles. The third kappa shape index (κ3) is 1.93. The van der Waals surface area contributed by atoms with Crippen LogP contribution in [0, 0.1) is 11.3 Å². The van der Waals surface area contributed by atoms with Crippen LogP contribution in [-0.4, -0.2) is 23.9 Å². The molecule has 0 aromatic rings. The molecule has 74 valence electrons. The third-order valence-corrected chi connectivity index (χ3v) is 3.39. The maximum absolute atomic E-state index is 11.3. The highest BCUT2D eigenvalue weighted by Crippen LogP contribution is 2.36. The monoisotopic (exact) mass is 181 g/mol. The van der Waals surface area contributed by atoms with E-state index >= 15 is 0 Å². The van der Waals surface area contributed by atoms with Gasteiger partial charge in [-0.1, -0.05) is 27.4 Å². The van der Waals surface area contributed by atoms with Crippen LogP contribution >= 0.6 is 0 Å². The molecular formula is C11H19NO. The van der Waals surface area contributed by atoms with Crippen LogP contribution in [0.4, 0.5) is 0 Å². The summed E-state index contributed by atoms with van der Waals surface area (Å²) in [6, 6.07) is 0. The minimum absolute atomic E-state index is 0.0735. The number of hydrogen-bond acceptors (Lipinski definition) is 1. The lowest BCUT2D eigenvalue weighted by molar-refractivity contribution is -0.125. The highest BCUT2D eigenvalue weighted by molar-refractivity contribution is 5.87. The fourth-order valence-corrected chi connectivity index (χ4v) is 1.77. The van der Waals surface area contributed by atoms with E-state index < -0.39 is 0 Å². The first-order chi connectivity index (χ1) is 5.99. The average Bonchev–Trinajstić information content (AvgIpc) is 2.48. The second-order valence-electron chi connectivity index (χ2n) is 4.52. The second kappa shape index (κ2) is 3.52. The molecule has 1 fully saturated rings. The molecule has 1 aliphatic heterocycles. The lowest BCUT2D eigenvalue weighted by Gasteiger charge is -2.28. The standard InChI is InChI=1S/C11H19NO/c1-5-10(13)12-7-6-11(4,8-12)9(2)3/h5,9H,1,6-8H2,2-4H3/t11-/m1/s1. The summed E-state index contributed by atoms with van der Waals surface area (Å²) in [7, 11) is 0. The molecule has 0 aliphatic carbocycles. The molecule has 0 unspecified atom stereocenters. The molecular weight excluding hydrogens is 162 g/mol. The van der Waals surface area contributed by atoms with Crippen molar-refractivity contribution in [1.82, 2.24) is 4.90 Å². The zero-order chi connectivity index (χ0) is 10.1. The molecule has 1 amide bonds. The van der Waals surface area contributed by atoms with Gasteiger partial charge in [0.2, 0.25) is 5.91 Å². The van der Waals surface area contributed by atoms with Gasteiger partial charge in [-0.2, -0.15) is 0 Å². The van der Waals surface area contributed by atoms with Gasteiger partial charge >= 0.3 is 0 Å². The first-order valence-electron chi connectivity index (χ1n) is 4.91. The van der Waals surface area contributed by atoms with Crippen LogP contribution in [0.25, 0.3) is 0 Å². The van der Waals surface area contributed by atoms with E-state index in [1.54, 1.807) is 0 Å². The van der Waals surface area contributed by atoms with Crippen molar-refractivity contribution < 1.29 is 4.79 Å². The summed E-state index contributed by atoms with van der Waals surface area (Å²) < 4.78 is 0. The van der Waals surface area contributed by atoms with Crippen molar-refractivity contribution in [2.45, 2.75) is 27.2 Å². The normalized spacial score (nSPS) is 28.2. The Hall–Kier alpha value is -0.790. The van der Waals surface area contributed by atoms with Gasteiger partial charge in [-0.3, -0.25) is 4.79 Å². The number of likely N-dealkylation sites (tertiary alicyclic amines) is 1. The Morgan fingerprint density at radius 3 is 2.62 bits per heavy atom. The molecule has 1 rings (SSSR count). The van der Waals surface area contributed by atoms with Crippen LogP contribution in [0.5, 0.6) is 0 Å². The molecule has 1 heterocycles. The molecule has 1 saturated heterocycles. The van der Waals surface area contributed by atoms with E-state index in [0.29, 0.717) is 11.3 Å². The lowest BCUT2D eigenvalue weighted by atomic mass is 9.78. The lowest BCUT2D eigenvalue weighted by Crippen LogP contribution is -2.32. The maximum atomic E-state index is 11.3. The fraction of sp³-hybridized carbons (Fsp3) is 0.727. The van der Waals surface area contributed by atoms with Gasteiger partial charge in [-0.15, -0.1) is 0 Å². The minimum Gasteiger partial charge on any atom is -0.339 e. The molecule has 13 heavy (non-hydrogen) atoms. The average molecular weight is 181 g/mol. The van der Waals surface area contributed by atoms with Gasteiger partial charge in [-0.25, -0.2) is 0 Å². The molecule has 2 nitrogen and oxygen atoms in total. The van der Waals surface area contributed by atoms with Gasteiger partial charge in [0.05, 0.1) is 0 Å². The molecule has 0 aromatic carbocycles. The van der Waals surface area contributed by atoms with Gasteiger partial charge in [0.25, 0.3) is 0 Å². The Bertz CT molecular complexity index is 222. The van der Waals surface area contributed by atoms with Crippen molar-refractivity contribution in [2.24, 2.45) is 11.3 Å². The molecule has 2 heteroatoms. The summed E-state index contributed by atoms with van der Waals surface area (Å²) in [6.45, 7) is 12.0. The van der Waals surface area contributed by atoms with Crippen LogP contribution in [0.2, 0.25) is 0 Å². The van der Waals surface area contributed by atoms with Gasteiger partial charge < -0.3 is 4.90 Å². The van der Waals surface area contributed by atoms with Crippen LogP contribution in [-0.2, 0) is 4.79 Å². The van der Waals surface area contributed by atoms with E-state index in [9.17, 15) is 4.79 Å². The number of amides is 1. The van der Waals surface area contributed by atoms with Crippen LogP contribution in [0.15, 0.2) is 12.7 Å². The molecule has 0 bridgehead atoms. The quantitative estimate of drug-likeness (QED) is 0.597. The fourth-order valence-electron chi connectivity index (χ4n) is 1.77. The number of carbonyl (C=O) groups excluding carboxylic acids is 1. The van der Waals surface area contributed by atoms with E-state index in [1.165, 1.54) is 6.08 Å². The van der Waals surface area contributed by atoms with E-state index in [4.69, 9.17) is 0 Å². The van der Waals surface area contributed by atoms with Crippen molar-refractivity contribution in [3.63, 3.8) is 0 Å². The maximum Gasteiger partial charge on any atom is 0.245 e. The predicted octanol–water partition coefficient (Wildman–Crippen LogP) is 2.07. The Kier molecular flexibility index (Phi) is 2.79. The molecule has 0 aromatic heterocycles. The predicted molar refractivity (Wildman–Crippen MR) is 54.3 cm³/mol.